The number of sulfonamides is 1. The van der Waals surface area contributed by atoms with E-state index in [0.29, 0.717) is 66.1 Å². The van der Waals surface area contributed by atoms with E-state index in [4.69, 9.17) is 26.1 Å². The summed E-state index contributed by atoms with van der Waals surface area (Å²) in [5, 5.41) is 0.476. The van der Waals surface area contributed by atoms with Gasteiger partial charge in [-0.15, -0.1) is 0 Å². The summed E-state index contributed by atoms with van der Waals surface area (Å²) in [5.41, 5.74) is 3.69. The van der Waals surface area contributed by atoms with Crippen LogP contribution in [-0.4, -0.2) is 68.3 Å². The van der Waals surface area contributed by atoms with Crippen molar-refractivity contribution >= 4 is 32.8 Å². The van der Waals surface area contributed by atoms with Crippen LogP contribution in [0.5, 0.6) is 11.6 Å². The van der Waals surface area contributed by atoms with Gasteiger partial charge in [-0.05, 0) is 75.4 Å². The number of piperidine rings is 1. The molecule has 1 saturated heterocycles. The molecule has 210 valence electrons. The van der Waals surface area contributed by atoms with E-state index in [2.05, 4.69) is 21.9 Å². The van der Waals surface area contributed by atoms with Gasteiger partial charge in [0.05, 0.1) is 23.5 Å². The molecule has 4 aromatic rings. The maximum atomic E-state index is 11.8. The molecular formula is C28H31ClN6O4S. The van der Waals surface area contributed by atoms with Gasteiger partial charge >= 0.3 is 0 Å². The zero-order valence-electron chi connectivity index (χ0n) is 22.7. The minimum Gasteiger partial charge on any atom is -0.490 e. The molecule has 2 fully saturated rings. The van der Waals surface area contributed by atoms with Gasteiger partial charge < -0.3 is 14.0 Å². The van der Waals surface area contributed by atoms with Crippen LogP contribution in [-0.2, 0) is 16.6 Å². The predicted molar refractivity (Wildman–Crippen MR) is 152 cm³/mol. The number of nitrogens with zero attached hydrogens (tertiary/aromatic N) is 6. The van der Waals surface area contributed by atoms with E-state index >= 15 is 0 Å². The molecule has 4 heterocycles. The lowest BCUT2D eigenvalue weighted by atomic mass is 10.1. The first kappa shape index (κ1) is 26.9. The summed E-state index contributed by atoms with van der Waals surface area (Å²) in [6.07, 6.45) is 7.62. The number of rotatable bonds is 8. The standard InChI is InChI=1S/C28H31ClN6O4S/c1-18-6-11-30-19(14-18)16-35-25(33-24-26(35)31-17-32-27(24)39-28(2)9-10-28)22-5-4-21(15-23(22)29)38-20-7-12-34(13-8-20)40(3,36)37/h4-6,11,14-15,17,20H,7-10,12-13,16H2,1-3H3. The van der Waals surface area contributed by atoms with Gasteiger partial charge in [0.25, 0.3) is 0 Å². The molecule has 0 atom stereocenters. The highest BCUT2D eigenvalue weighted by atomic mass is 35.5. The van der Waals surface area contributed by atoms with E-state index in [1.807, 2.05) is 35.8 Å². The van der Waals surface area contributed by atoms with Crippen molar-refractivity contribution in [1.29, 1.82) is 0 Å². The average Bonchev–Trinajstić information content (AvgIpc) is 3.52. The SMILES string of the molecule is Cc1ccnc(Cn2c(-c3ccc(OC4CCN(S(C)(=O)=O)CC4)cc3Cl)nc3c(OC4(C)CC4)ncnc32)c1. The van der Waals surface area contributed by atoms with Crippen LogP contribution >= 0.6 is 11.6 Å². The molecule has 0 bridgehead atoms. The summed E-state index contributed by atoms with van der Waals surface area (Å²) in [4.78, 5) is 18.5. The molecule has 0 radical (unpaired) electrons. The van der Waals surface area contributed by atoms with Crippen LogP contribution in [0.15, 0.2) is 42.9 Å². The van der Waals surface area contributed by atoms with Crippen LogP contribution in [0.4, 0.5) is 0 Å². The molecule has 1 aromatic carbocycles. The van der Waals surface area contributed by atoms with Crippen molar-refractivity contribution in [1.82, 2.24) is 28.8 Å². The number of aromatic nitrogens is 5. The maximum Gasteiger partial charge on any atom is 0.245 e. The van der Waals surface area contributed by atoms with Crippen molar-refractivity contribution in [3.05, 3.63) is 59.1 Å². The minimum atomic E-state index is -3.19. The quantitative estimate of drug-likeness (QED) is 0.295. The summed E-state index contributed by atoms with van der Waals surface area (Å²) < 4.78 is 39.5. The van der Waals surface area contributed by atoms with Gasteiger partial charge in [-0.1, -0.05) is 11.6 Å². The first-order valence-corrected chi connectivity index (χ1v) is 15.5. The van der Waals surface area contributed by atoms with E-state index in [1.54, 1.807) is 12.3 Å². The Bertz CT molecular complexity index is 1680. The van der Waals surface area contributed by atoms with Gasteiger partial charge in [0.15, 0.2) is 11.2 Å². The molecule has 6 rings (SSSR count). The van der Waals surface area contributed by atoms with Crippen molar-refractivity contribution < 1.29 is 17.9 Å². The van der Waals surface area contributed by atoms with Crippen molar-refractivity contribution in [2.24, 2.45) is 0 Å². The monoisotopic (exact) mass is 582 g/mol. The largest absolute Gasteiger partial charge is 0.490 e. The number of ether oxygens (including phenoxy) is 2. The van der Waals surface area contributed by atoms with Crippen LogP contribution in [0.1, 0.15) is 43.9 Å². The van der Waals surface area contributed by atoms with Gasteiger partial charge in [-0.2, -0.15) is 4.98 Å². The Labute approximate surface area is 238 Å². The normalized spacial score (nSPS) is 17.7. The van der Waals surface area contributed by atoms with Crippen LogP contribution in [0.25, 0.3) is 22.6 Å². The Kier molecular flexibility index (Phi) is 6.92. The predicted octanol–water partition coefficient (Wildman–Crippen LogP) is 4.63. The number of aryl methyl sites for hydroxylation is 1. The number of hydrogen-bond acceptors (Lipinski definition) is 8. The summed E-state index contributed by atoms with van der Waals surface area (Å²) in [5.74, 6) is 1.71. The highest BCUT2D eigenvalue weighted by Crippen LogP contribution is 2.41. The molecule has 10 nitrogen and oxygen atoms in total. The van der Waals surface area contributed by atoms with Crippen molar-refractivity contribution in [2.45, 2.75) is 57.8 Å². The van der Waals surface area contributed by atoms with Crippen molar-refractivity contribution in [2.75, 3.05) is 19.3 Å². The third-order valence-electron chi connectivity index (χ3n) is 7.44. The van der Waals surface area contributed by atoms with E-state index in [1.165, 1.54) is 16.9 Å². The van der Waals surface area contributed by atoms with E-state index in [0.717, 1.165) is 29.7 Å². The van der Waals surface area contributed by atoms with Gasteiger partial charge in [0, 0.05) is 24.8 Å². The number of imidazole rings is 1. The molecule has 40 heavy (non-hydrogen) atoms. The molecular weight excluding hydrogens is 552 g/mol. The van der Waals surface area contributed by atoms with Gasteiger partial charge in [-0.3, -0.25) is 4.98 Å². The van der Waals surface area contributed by atoms with E-state index in [-0.39, 0.29) is 11.7 Å². The van der Waals surface area contributed by atoms with Crippen LogP contribution < -0.4 is 9.47 Å². The third-order valence-corrected chi connectivity index (χ3v) is 9.06. The second kappa shape index (κ2) is 10.3. The second-order valence-electron chi connectivity index (χ2n) is 10.9. The Morgan fingerprint density at radius 3 is 2.55 bits per heavy atom. The highest BCUT2D eigenvalue weighted by molar-refractivity contribution is 7.88. The third kappa shape index (κ3) is 5.63. The average molecular weight is 583 g/mol. The Morgan fingerprint density at radius 2 is 1.88 bits per heavy atom. The lowest BCUT2D eigenvalue weighted by Gasteiger charge is -2.30. The van der Waals surface area contributed by atoms with E-state index < -0.39 is 10.0 Å². The molecule has 0 amide bonds. The molecule has 0 unspecified atom stereocenters. The fourth-order valence-electron chi connectivity index (χ4n) is 4.93. The number of fused-ring (bicyclic) bond motifs is 1. The lowest BCUT2D eigenvalue weighted by Crippen LogP contribution is -2.41. The van der Waals surface area contributed by atoms with Crippen molar-refractivity contribution in [3.8, 4) is 23.0 Å². The Morgan fingerprint density at radius 1 is 1.10 bits per heavy atom. The highest BCUT2D eigenvalue weighted by Gasteiger charge is 2.41. The molecule has 1 aliphatic carbocycles. The minimum absolute atomic E-state index is 0.0874. The molecule has 12 heteroatoms. The van der Waals surface area contributed by atoms with Crippen LogP contribution in [0.2, 0.25) is 5.02 Å². The molecule has 0 spiro atoms. The van der Waals surface area contributed by atoms with Gasteiger partial charge in [0.2, 0.25) is 15.9 Å². The number of halogens is 1. The summed E-state index contributed by atoms with van der Waals surface area (Å²) in [6.45, 7) is 5.42. The number of hydrogen-bond donors (Lipinski definition) is 0. The van der Waals surface area contributed by atoms with E-state index in [9.17, 15) is 8.42 Å². The summed E-state index contributed by atoms with van der Waals surface area (Å²) in [7, 11) is -3.19. The first-order chi connectivity index (χ1) is 19.1. The zero-order chi connectivity index (χ0) is 28.1. The molecule has 1 saturated carbocycles. The molecule has 0 N–H and O–H groups in total. The summed E-state index contributed by atoms with van der Waals surface area (Å²) >= 11 is 6.84. The van der Waals surface area contributed by atoms with Gasteiger partial charge in [0.1, 0.15) is 29.6 Å². The Hall–Kier alpha value is -3.28. The fourth-order valence-corrected chi connectivity index (χ4v) is 6.06. The molecule has 3 aromatic heterocycles. The van der Waals surface area contributed by atoms with Gasteiger partial charge in [-0.25, -0.2) is 22.7 Å². The lowest BCUT2D eigenvalue weighted by molar-refractivity contribution is 0.135. The molecule has 2 aliphatic rings. The smallest absolute Gasteiger partial charge is 0.245 e. The fraction of sp³-hybridized carbons (Fsp3) is 0.429. The van der Waals surface area contributed by atoms with Crippen LogP contribution in [0, 0.1) is 6.92 Å². The number of benzene rings is 1. The summed E-state index contributed by atoms with van der Waals surface area (Å²) in [6, 6.07) is 9.53. The first-order valence-electron chi connectivity index (χ1n) is 13.3. The molecule has 1 aliphatic heterocycles. The zero-order valence-corrected chi connectivity index (χ0v) is 24.2. The van der Waals surface area contributed by atoms with Crippen molar-refractivity contribution in [3.63, 3.8) is 0 Å². The number of pyridine rings is 1. The Balaban J connectivity index is 1.33. The maximum absolute atomic E-state index is 11.8. The van der Waals surface area contributed by atoms with Crippen LogP contribution in [0.3, 0.4) is 0 Å². The topological polar surface area (TPSA) is 112 Å². The second-order valence-corrected chi connectivity index (χ2v) is 13.3.